The summed E-state index contributed by atoms with van der Waals surface area (Å²) in [5.74, 6) is -1.09. The van der Waals surface area contributed by atoms with Crippen molar-refractivity contribution in [1.29, 1.82) is 0 Å². The maximum Gasteiger partial charge on any atom is 0.338 e. The van der Waals surface area contributed by atoms with Gasteiger partial charge < -0.3 is 14.7 Å². The number of ether oxygens (including phenoxy) is 1. The molecule has 36 heavy (non-hydrogen) atoms. The third-order valence-corrected chi connectivity index (χ3v) is 8.51. The van der Waals surface area contributed by atoms with Crippen molar-refractivity contribution in [2.45, 2.75) is 63.3 Å². The monoisotopic (exact) mass is 529 g/mol. The van der Waals surface area contributed by atoms with E-state index >= 15 is 0 Å². The smallest absolute Gasteiger partial charge is 0.338 e. The average molecular weight is 530 g/mol. The molecule has 9 heteroatoms. The van der Waals surface area contributed by atoms with Gasteiger partial charge in [-0.05, 0) is 80.5 Å². The number of fused-ring (bicyclic) bond motifs is 2. The van der Waals surface area contributed by atoms with E-state index in [0.29, 0.717) is 34.2 Å². The zero-order valence-electron chi connectivity index (χ0n) is 19.7. The minimum Gasteiger partial charge on any atom is -0.478 e. The molecule has 3 fully saturated rings. The number of hydrogen-bond acceptors (Lipinski definition) is 4. The Labute approximate surface area is 218 Å². The van der Waals surface area contributed by atoms with E-state index in [1.54, 1.807) is 6.07 Å². The first-order valence-corrected chi connectivity index (χ1v) is 13.0. The Hall–Kier alpha value is -2.61. The van der Waals surface area contributed by atoms with Crippen LogP contribution in [-0.2, 0) is 11.3 Å². The highest BCUT2D eigenvalue weighted by atomic mass is 35.5. The second-order valence-electron chi connectivity index (χ2n) is 10.2. The minimum atomic E-state index is -1.26. The van der Waals surface area contributed by atoms with Gasteiger partial charge in [-0.2, -0.15) is 5.10 Å². The number of benzene rings is 2. The van der Waals surface area contributed by atoms with Crippen molar-refractivity contribution in [1.82, 2.24) is 10.2 Å². The molecule has 188 valence electrons. The van der Waals surface area contributed by atoms with E-state index < -0.39 is 11.8 Å². The van der Waals surface area contributed by atoms with Gasteiger partial charge in [0.15, 0.2) is 0 Å². The summed E-state index contributed by atoms with van der Waals surface area (Å²) in [6, 6.07) is 10.7. The number of aromatic carboxylic acids is 1. The number of carbonyl (C=O) groups is 1. The molecule has 2 saturated carbocycles. The normalized spacial score (nSPS) is 25.1. The zero-order valence-corrected chi connectivity index (χ0v) is 21.2. The van der Waals surface area contributed by atoms with Crippen molar-refractivity contribution in [2.75, 3.05) is 4.90 Å². The van der Waals surface area contributed by atoms with Crippen LogP contribution in [0.4, 0.5) is 10.1 Å². The number of carboxylic acids is 1. The van der Waals surface area contributed by atoms with E-state index in [0.717, 1.165) is 29.8 Å². The number of hydrogen-bond donors (Lipinski definition) is 2. The lowest BCUT2D eigenvalue weighted by atomic mass is 9.96. The van der Waals surface area contributed by atoms with Crippen LogP contribution in [0.3, 0.4) is 0 Å². The summed E-state index contributed by atoms with van der Waals surface area (Å²) in [5.41, 5.74) is 3.88. The number of halogens is 3. The number of H-pyrrole nitrogens is 1. The van der Waals surface area contributed by atoms with Gasteiger partial charge in [-0.3, -0.25) is 5.10 Å². The number of nitrogens with one attached hydrogen (secondary N) is 1. The van der Waals surface area contributed by atoms with Crippen molar-refractivity contribution in [3.05, 3.63) is 69.1 Å². The molecule has 4 atom stereocenters. The topological polar surface area (TPSA) is 78.5 Å². The molecule has 2 bridgehead atoms. The van der Waals surface area contributed by atoms with Gasteiger partial charge in [-0.15, -0.1) is 0 Å². The molecule has 0 spiro atoms. The highest BCUT2D eigenvalue weighted by Gasteiger charge is 2.50. The summed E-state index contributed by atoms with van der Waals surface area (Å²) >= 11 is 13.1. The predicted octanol–water partition coefficient (Wildman–Crippen LogP) is 6.67. The van der Waals surface area contributed by atoms with E-state index in [2.05, 4.69) is 22.0 Å². The lowest BCUT2D eigenvalue weighted by molar-refractivity contribution is 0.00258. The summed E-state index contributed by atoms with van der Waals surface area (Å²) in [7, 11) is 0. The van der Waals surface area contributed by atoms with Crippen LogP contribution in [0.25, 0.3) is 11.3 Å². The largest absolute Gasteiger partial charge is 0.478 e. The molecule has 1 aromatic heterocycles. The van der Waals surface area contributed by atoms with E-state index in [9.17, 15) is 9.18 Å². The maximum atomic E-state index is 14.3. The predicted molar refractivity (Wildman–Crippen MR) is 136 cm³/mol. The molecule has 0 amide bonds. The first kappa shape index (κ1) is 23.8. The fraction of sp³-hybridized carbons (Fsp3) is 0.407. The summed E-state index contributed by atoms with van der Waals surface area (Å²) in [4.78, 5) is 13.3. The number of piperidine rings is 1. The summed E-state index contributed by atoms with van der Waals surface area (Å²) in [5, 5.41) is 17.8. The standard InChI is InChI=1S/C27H26Cl2FN3O3/c1-13-20-9-18(33(13)17-4-5-19(27(34)35)23(30)10-17)11-25(20)36-12-16-8-24(32-31-16)26-21(28)6-15(7-22(26)29)14-2-3-14/h4-8,10,13-14,18,20,25H,2-3,9,11-12H2,1H3,(H,31,32)(H,34,35)/t13-,18+,20+,25-/m1/s1. The van der Waals surface area contributed by atoms with Gasteiger partial charge in [0, 0.05) is 29.3 Å². The minimum absolute atomic E-state index is 0.0844. The van der Waals surface area contributed by atoms with Crippen LogP contribution in [0.5, 0.6) is 0 Å². The second kappa shape index (κ2) is 9.05. The number of aromatic amines is 1. The molecule has 2 aromatic carbocycles. The second-order valence-corrected chi connectivity index (χ2v) is 11.0. The molecule has 1 aliphatic heterocycles. The van der Waals surface area contributed by atoms with E-state index in [4.69, 9.17) is 33.0 Å². The number of carboxylic acid groups (broad SMARTS) is 1. The molecular formula is C27H26Cl2FN3O3. The maximum absolute atomic E-state index is 14.3. The first-order chi connectivity index (χ1) is 17.3. The molecule has 6 nitrogen and oxygen atoms in total. The SMILES string of the molecule is C[C@@H]1[C@@H]2C[C@@H](C[C@H]2OCc2cc(-c3c(Cl)cc(C4CC4)cc3Cl)n[nH]2)N1c1ccc(C(=O)O)c(F)c1. The summed E-state index contributed by atoms with van der Waals surface area (Å²) in [6.45, 7) is 2.51. The Balaban J connectivity index is 1.11. The molecule has 0 unspecified atom stereocenters. The molecule has 0 radical (unpaired) electrons. The van der Waals surface area contributed by atoms with Crippen molar-refractivity contribution in [3.8, 4) is 11.3 Å². The lowest BCUT2D eigenvalue weighted by Crippen LogP contribution is -2.45. The molecule has 2 N–H and O–H groups in total. The molecule has 2 heterocycles. The third-order valence-electron chi connectivity index (χ3n) is 7.91. The van der Waals surface area contributed by atoms with E-state index in [1.165, 1.54) is 30.5 Å². The summed E-state index contributed by atoms with van der Waals surface area (Å²) in [6.07, 6.45) is 4.24. The van der Waals surface area contributed by atoms with Gasteiger partial charge in [0.1, 0.15) is 5.82 Å². The van der Waals surface area contributed by atoms with Crippen LogP contribution >= 0.6 is 23.2 Å². The third kappa shape index (κ3) is 4.17. The molecule has 3 aliphatic rings. The van der Waals surface area contributed by atoms with E-state index in [-0.39, 0.29) is 23.8 Å². The lowest BCUT2D eigenvalue weighted by Gasteiger charge is -2.38. The quantitative estimate of drug-likeness (QED) is 0.357. The Morgan fingerprint density at radius 3 is 2.58 bits per heavy atom. The highest BCUT2D eigenvalue weighted by molar-refractivity contribution is 6.39. The molecule has 6 rings (SSSR count). The van der Waals surface area contributed by atoms with Crippen LogP contribution in [0, 0.1) is 11.7 Å². The average Bonchev–Trinajstić information content (AvgIpc) is 3.31. The Morgan fingerprint density at radius 1 is 1.19 bits per heavy atom. The number of nitrogens with zero attached hydrogens (tertiary/aromatic N) is 2. The van der Waals surface area contributed by atoms with Crippen LogP contribution in [0.15, 0.2) is 36.4 Å². The van der Waals surface area contributed by atoms with Gasteiger partial charge in [0.25, 0.3) is 0 Å². The molecule has 3 aromatic rings. The molecule has 1 saturated heterocycles. The van der Waals surface area contributed by atoms with Crippen LogP contribution in [-0.4, -0.2) is 39.5 Å². The van der Waals surface area contributed by atoms with Crippen LogP contribution < -0.4 is 4.90 Å². The number of anilines is 1. The van der Waals surface area contributed by atoms with Crippen molar-refractivity contribution < 1.29 is 19.0 Å². The highest BCUT2D eigenvalue weighted by Crippen LogP contribution is 2.47. The zero-order chi connectivity index (χ0) is 25.1. The van der Waals surface area contributed by atoms with Crippen LogP contribution in [0.2, 0.25) is 10.0 Å². The van der Waals surface area contributed by atoms with Gasteiger partial charge in [-0.1, -0.05) is 23.2 Å². The summed E-state index contributed by atoms with van der Waals surface area (Å²) < 4.78 is 20.6. The van der Waals surface area contributed by atoms with Crippen molar-refractivity contribution in [3.63, 3.8) is 0 Å². The number of rotatable bonds is 7. The van der Waals surface area contributed by atoms with Crippen molar-refractivity contribution in [2.24, 2.45) is 5.92 Å². The van der Waals surface area contributed by atoms with Gasteiger partial charge >= 0.3 is 5.97 Å². The van der Waals surface area contributed by atoms with Gasteiger partial charge in [0.05, 0.1) is 39.7 Å². The molecular weight excluding hydrogens is 504 g/mol. The Kier molecular flexibility index (Phi) is 5.97. The fourth-order valence-electron chi connectivity index (χ4n) is 6.00. The van der Waals surface area contributed by atoms with Crippen molar-refractivity contribution >= 4 is 34.9 Å². The first-order valence-electron chi connectivity index (χ1n) is 12.3. The van der Waals surface area contributed by atoms with Gasteiger partial charge in [-0.25, -0.2) is 9.18 Å². The fourth-order valence-corrected chi connectivity index (χ4v) is 6.70. The number of aromatic nitrogens is 2. The van der Waals surface area contributed by atoms with E-state index in [1.807, 2.05) is 18.2 Å². The van der Waals surface area contributed by atoms with Gasteiger partial charge in [0.2, 0.25) is 0 Å². The molecule has 2 aliphatic carbocycles. The Morgan fingerprint density at radius 2 is 1.94 bits per heavy atom. The van der Waals surface area contributed by atoms with Crippen LogP contribution in [0.1, 0.15) is 60.1 Å². The Bertz CT molecular complexity index is 1320.